The quantitative estimate of drug-likeness (QED) is 0.704. The number of hydrogen-bond donors (Lipinski definition) is 1. The number of amides is 1. The molecule has 0 aliphatic heterocycles. The van der Waals surface area contributed by atoms with Crippen LogP contribution in [0.25, 0.3) is 0 Å². The summed E-state index contributed by atoms with van der Waals surface area (Å²) in [6.07, 6.45) is 1.67. The molecule has 0 spiro atoms. The Morgan fingerprint density at radius 3 is 2.69 bits per heavy atom. The van der Waals surface area contributed by atoms with Crippen LogP contribution < -0.4 is 14.8 Å². The minimum Gasteiger partial charge on any atom is -0.484 e. The van der Waals surface area contributed by atoms with E-state index in [1.54, 1.807) is 12.3 Å². The summed E-state index contributed by atoms with van der Waals surface area (Å²) >= 11 is 0. The Hall–Kier alpha value is -3.34. The molecule has 0 aliphatic carbocycles. The Labute approximate surface area is 152 Å². The summed E-state index contributed by atoms with van der Waals surface area (Å²) in [4.78, 5) is 16.1. The lowest BCUT2D eigenvalue weighted by molar-refractivity contribution is -0.123. The van der Waals surface area contributed by atoms with Gasteiger partial charge in [0.25, 0.3) is 5.91 Å². The molecule has 0 atom stereocenters. The number of aromatic nitrogens is 1. The Morgan fingerprint density at radius 1 is 1.04 bits per heavy atom. The van der Waals surface area contributed by atoms with Gasteiger partial charge < -0.3 is 14.8 Å². The lowest BCUT2D eigenvalue weighted by Crippen LogP contribution is -2.28. The van der Waals surface area contributed by atoms with Gasteiger partial charge in [0.1, 0.15) is 11.5 Å². The zero-order valence-electron chi connectivity index (χ0n) is 14.5. The van der Waals surface area contributed by atoms with Crippen LogP contribution in [0.4, 0.5) is 0 Å². The van der Waals surface area contributed by atoms with Crippen LogP contribution in [0.5, 0.6) is 17.4 Å². The molecule has 132 valence electrons. The normalized spacial score (nSPS) is 10.2. The smallest absolute Gasteiger partial charge is 0.258 e. The van der Waals surface area contributed by atoms with Gasteiger partial charge in [-0.1, -0.05) is 36.4 Å². The zero-order valence-corrected chi connectivity index (χ0v) is 14.5. The van der Waals surface area contributed by atoms with Gasteiger partial charge in [0, 0.05) is 18.8 Å². The maximum Gasteiger partial charge on any atom is 0.258 e. The van der Waals surface area contributed by atoms with Gasteiger partial charge in [0.05, 0.1) is 0 Å². The lowest BCUT2D eigenvalue weighted by atomic mass is 10.2. The molecule has 1 N–H and O–H groups in total. The van der Waals surface area contributed by atoms with Crippen LogP contribution in [0.3, 0.4) is 0 Å². The molecule has 0 radical (unpaired) electrons. The number of hydrogen-bond acceptors (Lipinski definition) is 4. The van der Waals surface area contributed by atoms with Gasteiger partial charge in [0.15, 0.2) is 6.61 Å². The molecule has 5 heteroatoms. The largest absolute Gasteiger partial charge is 0.484 e. The van der Waals surface area contributed by atoms with Crippen LogP contribution >= 0.6 is 0 Å². The highest BCUT2D eigenvalue weighted by Gasteiger charge is 2.05. The van der Waals surface area contributed by atoms with Crippen molar-refractivity contribution in [2.45, 2.75) is 13.5 Å². The number of benzene rings is 2. The number of para-hydroxylation sites is 1. The van der Waals surface area contributed by atoms with Crippen molar-refractivity contribution in [3.05, 3.63) is 84.1 Å². The third kappa shape index (κ3) is 5.08. The molecule has 3 aromatic rings. The van der Waals surface area contributed by atoms with E-state index in [-0.39, 0.29) is 12.5 Å². The van der Waals surface area contributed by atoms with Crippen molar-refractivity contribution in [2.75, 3.05) is 6.61 Å². The van der Waals surface area contributed by atoms with E-state index >= 15 is 0 Å². The summed E-state index contributed by atoms with van der Waals surface area (Å²) in [7, 11) is 0. The average Bonchev–Trinajstić information content (AvgIpc) is 2.67. The predicted molar refractivity (Wildman–Crippen MR) is 99.3 cm³/mol. The average molecular weight is 348 g/mol. The van der Waals surface area contributed by atoms with Crippen LogP contribution in [0.2, 0.25) is 0 Å². The van der Waals surface area contributed by atoms with Crippen LogP contribution in [-0.2, 0) is 11.3 Å². The van der Waals surface area contributed by atoms with Crippen molar-refractivity contribution in [2.24, 2.45) is 0 Å². The number of pyridine rings is 1. The third-order valence-electron chi connectivity index (χ3n) is 3.70. The number of carbonyl (C=O) groups is 1. The second kappa shape index (κ2) is 8.67. The molecule has 3 rings (SSSR count). The minimum atomic E-state index is -0.177. The number of rotatable bonds is 7. The van der Waals surface area contributed by atoms with E-state index in [2.05, 4.69) is 10.3 Å². The molecular formula is C21H20N2O3. The molecule has 0 saturated heterocycles. The topological polar surface area (TPSA) is 60.5 Å². The summed E-state index contributed by atoms with van der Waals surface area (Å²) in [6.45, 7) is 2.32. The summed E-state index contributed by atoms with van der Waals surface area (Å²) in [5.41, 5.74) is 1.93. The first-order valence-electron chi connectivity index (χ1n) is 8.34. The summed E-state index contributed by atoms with van der Waals surface area (Å²) in [5, 5.41) is 2.84. The number of carbonyl (C=O) groups excluding carboxylic acids is 1. The van der Waals surface area contributed by atoms with Crippen molar-refractivity contribution in [3.63, 3.8) is 0 Å². The van der Waals surface area contributed by atoms with Gasteiger partial charge in [-0.15, -0.1) is 0 Å². The Balaban J connectivity index is 1.50. The number of aryl methyl sites for hydroxylation is 1. The Bertz CT molecular complexity index is 866. The first-order valence-corrected chi connectivity index (χ1v) is 8.34. The Morgan fingerprint density at radius 2 is 1.88 bits per heavy atom. The van der Waals surface area contributed by atoms with E-state index in [9.17, 15) is 4.79 Å². The van der Waals surface area contributed by atoms with E-state index in [1.807, 2.05) is 67.6 Å². The van der Waals surface area contributed by atoms with Gasteiger partial charge in [-0.25, -0.2) is 4.98 Å². The fourth-order valence-electron chi connectivity index (χ4n) is 2.36. The molecule has 1 amide bonds. The Kier molecular flexibility index (Phi) is 5.83. The van der Waals surface area contributed by atoms with Crippen molar-refractivity contribution < 1.29 is 14.3 Å². The first kappa shape index (κ1) is 17.5. The molecule has 0 saturated carbocycles. The molecule has 0 fully saturated rings. The van der Waals surface area contributed by atoms with Gasteiger partial charge in [-0.05, 0) is 42.3 Å². The van der Waals surface area contributed by atoms with Gasteiger partial charge in [0.2, 0.25) is 5.88 Å². The van der Waals surface area contributed by atoms with E-state index in [1.165, 1.54) is 0 Å². The van der Waals surface area contributed by atoms with Crippen LogP contribution in [0.1, 0.15) is 11.1 Å². The SMILES string of the molecule is Cc1ccccc1OCC(=O)NCc1cccc(Oc2ccccn2)c1. The molecule has 26 heavy (non-hydrogen) atoms. The fraction of sp³-hybridized carbons (Fsp3) is 0.143. The first-order chi connectivity index (χ1) is 12.7. The maximum absolute atomic E-state index is 12.0. The van der Waals surface area contributed by atoms with Crippen LogP contribution in [0, 0.1) is 6.92 Å². The molecule has 1 aromatic heterocycles. The number of ether oxygens (including phenoxy) is 2. The number of nitrogens with one attached hydrogen (secondary N) is 1. The summed E-state index contributed by atoms with van der Waals surface area (Å²) < 4.78 is 11.2. The van der Waals surface area contributed by atoms with E-state index in [4.69, 9.17) is 9.47 Å². The van der Waals surface area contributed by atoms with E-state index in [0.29, 0.717) is 23.9 Å². The molecule has 5 nitrogen and oxygen atoms in total. The molecule has 2 aromatic carbocycles. The van der Waals surface area contributed by atoms with Gasteiger partial charge in [-0.3, -0.25) is 4.79 Å². The van der Waals surface area contributed by atoms with E-state index < -0.39 is 0 Å². The second-order valence-corrected chi connectivity index (χ2v) is 5.75. The summed E-state index contributed by atoms with van der Waals surface area (Å²) in [5.74, 6) is 1.74. The molecule has 0 aliphatic rings. The highest BCUT2D eigenvalue weighted by atomic mass is 16.5. The van der Waals surface area contributed by atoms with Crippen molar-refractivity contribution >= 4 is 5.91 Å². The van der Waals surface area contributed by atoms with Crippen molar-refractivity contribution in [1.82, 2.24) is 10.3 Å². The van der Waals surface area contributed by atoms with Gasteiger partial charge in [-0.2, -0.15) is 0 Å². The molecule has 1 heterocycles. The minimum absolute atomic E-state index is 0.0189. The van der Waals surface area contributed by atoms with Gasteiger partial charge >= 0.3 is 0 Å². The third-order valence-corrected chi connectivity index (χ3v) is 3.70. The molecular weight excluding hydrogens is 328 g/mol. The van der Waals surface area contributed by atoms with Crippen molar-refractivity contribution in [3.8, 4) is 17.4 Å². The van der Waals surface area contributed by atoms with Crippen molar-refractivity contribution in [1.29, 1.82) is 0 Å². The van der Waals surface area contributed by atoms with Crippen LogP contribution in [0.15, 0.2) is 72.9 Å². The zero-order chi connectivity index (χ0) is 18.2. The fourth-order valence-corrected chi connectivity index (χ4v) is 2.36. The molecule has 0 unspecified atom stereocenters. The van der Waals surface area contributed by atoms with Crippen LogP contribution in [-0.4, -0.2) is 17.5 Å². The lowest BCUT2D eigenvalue weighted by Gasteiger charge is -2.10. The van der Waals surface area contributed by atoms with E-state index in [0.717, 1.165) is 11.1 Å². The second-order valence-electron chi connectivity index (χ2n) is 5.75. The number of nitrogens with zero attached hydrogens (tertiary/aromatic N) is 1. The summed E-state index contributed by atoms with van der Waals surface area (Å²) in [6, 6.07) is 20.6. The predicted octanol–water partition coefficient (Wildman–Crippen LogP) is 3.88. The standard InChI is InChI=1S/C21H20N2O3/c1-16-7-2-3-10-19(16)25-15-20(24)23-14-17-8-6-9-18(13-17)26-21-11-4-5-12-22-21/h2-13H,14-15H2,1H3,(H,23,24). The highest BCUT2D eigenvalue weighted by Crippen LogP contribution is 2.20. The monoisotopic (exact) mass is 348 g/mol. The highest BCUT2D eigenvalue weighted by molar-refractivity contribution is 5.77. The maximum atomic E-state index is 12.0. The molecule has 0 bridgehead atoms.